The first kappa shape index (κ1) is 23.5. The highest BCUT2D eigenvalue weighted by Gasteiger charge is 2.25. The van der Waals surface area contributed by atoms with Gasteiger partial charge in [-0.15, -0.1) is 0 Å². The van der Waals surface area contributed by atoms with Gasteiger partial charge >= 0.3 is 5.97 Å². The molecule has 0 aliphatic heterocycles. The van der Waals surface area contributed by atoms with Crippen LogP contribution < -0.4 is 4.31 Å². The number of halogens is 1. The summed E-state index contributed by atoms with van der Waals surface area (Å²) in [5.41, 5.74) is 1.12. The highest BCUT2D eigenvalue weighted by molar-refractivity contribution is 7.93. The number of esters is 1. The van der Waals surface area contributed by atoms with Crippen molar-refractivity contribution in [3.63, 3.8) is 0 Å². The summed E-state index contributed by atoms with van der Waals surface area (Å²) in [7, 11) is -2.58. The number of carbonyl (C=O) groups excluding carboxylic acids is 2. The van der Waals surface area contributed by atoms with Gasteiger partial charge in [-0.25, -0.2) is 13.2 Å². The summed E-state index contributed by atoms with van der Waals surface area (Å²) in [6, 6.07) is 21.4. The molecule has 0 spiro atoms. The third-order valence-electron chi connectivity index (χ3n) is 4.80. The fourth-order valence-corrected chi connectivity index (χ4v) is 4.70. The molecule has 0 aromatic heterocycles. The highest BCUT2D eigenvalue weighted by atomic mass is 35.5. The van der Waals surface area contributed by atoms with E-state index in [0.29, 0.717) is 17.7 Å². The zero-order chi connectivity index (χ0) is 23.1. The van der Waals surface area contributed by atoms with Crippen LogP contribution in [0.1, 0.15) is 33.6 Å². The molecule has 0 aliphatic carbocycles. The molecule has 0 bridgehead atoms. The predicted octanol–water partition coefficient (Wildman–Crippen LogP) is 4.99. The van der Waals surface area contributed by atoms with Crippen LogP contribution >= 0.6 is 11.6 Å². The lowest BCUT2D eigenvalue weighted by atomic mass is 10.1. The zero-order valence-corrected chi connectivity index (χ0v) is 19.0. The summed E-state index contributed by atoms with van der Waals surface area (Å²) in [5, 5.41) is -0.00205. The van der Waals surface area contributed by atoms with E-state index >= 15 is 0 Å². The Morgan fingerprint density at radius 1 is 0.906 bits per heavy atom. The van der Waals surface area contributed by atoms with E-state index in [-0.39, 0.29) is 34.3 Å². The average Bonchev–Trinajstić information content (AvgIpc) is 2.82. The smallest absolute Gasteiger partial charge is 0.338 e. The maximum absolute atomic E-state index is 13.1. The molecule has 6 nitrogen and oxygen atoms in total. The molecule has 0 amide bonds. The molecule has 0 saturated heterocycles. The Kier molecular flexibility index (Phi) is 7.66. The third-order valence-corrected chi connectivity index (χ3v) is 7.07. The topological polar surface area (TPSA) is 80.8 Å². The van der Waals surface area contributed by atoms with Crippen LogP contribution in [0, 0.1) is 0 Å². The van der Waals surface area contributed by atoms with E-state index in [9.17, 15) is 18.0 Å². The van der Waals surface area contributed by atoms with Crippen molar-refractivity contribution >= 4 is 39.1 Å². The second-order valence-electron chi connectivity index (χ2n) is 6.98. The van der Waals surface area contributed by atoms with Crippen molar-refractivity contribution in [3.05, 3.63) is 95.0 Å². The molecule has 0 heterocycles. The van der Waals surface area contributed by atoms with Crippen molar-refractivity contribution in [2.24, 2.45) is 0 Å². The van der Waals surface area contributed by atoms with Crippen LogP contribution in [0.2, 0.25) is 5.02 Å². The first-order valence-corrected chi connectivity index (χ1v) is 11.7. The molecule has 0 fully saturated rings. The van der Waals surface area contributed by atoms with E-state index < -0.39 is 16.0 Å². The van der Waals surface area contributed by atoms with Crippen molar-refractivity contribution in [1.29, 1.82) is 0 Å². The molecule has 32 heavy (non-hydrogen) atoms. The maximum Gasteiger partial charge on any atom is 0.338 e. The summed E-state index contributed by atoms with van der Waals surface area (Å²) in [5.74, 6) is -0.724. The lowest BCUT2D eigenvalue weighted by Gasteiger charge is -2.20. The number of hydrogen-bond donors (Lipinski definition) is 0. The van der Waals surface area contributed by atoms with Crippen LogP contribution in [0.15, 0.2) is 83.8 Å². The van der Waals surface area contributed by atoms with Gasteiger partial charge < -0.3 is 4.74 Å². The van der Waals surface area contributed by atoms with Gasteiger partial charge in [0, 0.05) is 19.0 Å². The van der Waals surface area contributed by atoms with E-state index in [1.165, 1.54) is 25.2 Å². The van der Waals surface area contributed by atoms with Crippen molar-refractivity contribution in [1.82, 2.24) is 0 Å². The Hall–Kier alpha value is -3.16. The Bertz CT molecular complexity index is 1200. The molecular weight excluding hydrogens is 450 g/mol. The molecule has 3 aromatic carbocycles. The molecule has 0 aliphatic rings. The molecule has 0 radical (unpaired) electrons. The normalized spacial score (nSPS) is 11.1. The summed E-state index contributed by atoms with van der Waals surface area (Å²) >= 11 is 6.14. The van der Waals surface area contributed by atoms with E-state index in [1.807, 2.05) is 6.07 Å². The molecular formula is C24H22ClNO5S. The number of ketones is 1. The summed E-state index contributed by atoms with van der Waals surface area (Å²) < 4.78 is 32.4. The van der Waals surface area contributed by atoms with Gasteiger partial charge in [0.2, 0.25) is 0 Å². The minimum Gasteiger partial charge on any atom is -0.462 e. The minimum absolute atomic E-state index is 0.00205. The summed E-state index contributed by atoms with van der Waals surface area (Å²) in [4.78, 5) is 24.3. The van der Waals surface area contributed by atoms with Gasteiger partial charge in [-0.2, -0.15) is 0 Å². The molecule has 0 N–H and O–H groups in total. The fraction of sp³-hybridized carbons (Fsp3) is 0.167. The van der Waals surface area contributed by atoms with Crippen LogP contribution in [0.5, 0.6) is 0 Å². The van der Waals surface area contributed by atoms with E-state index in [1.54, 1.807) is 54.6 Å². The lowest BCUT2D eigenvalue weighted by Crippen LogP contribution is -2.27. The molecule has 3 rings (SSSR count). The van der Waals surface area contributed by atoms with E-state index in [0.717, 1.165) is 4.31 Å². The van der Waals surface area contributed by atoms with Crippen molar-refractivity contribution in [2.75, 3.05) is 18.0 Å². The minimum atomic E-state index is -4.00. The molecule has 3 aromatic rings. The van der Waals surface area contributed by atoms with Crippen LogP contribution in [0.25, 0.3) is 0 Å². The number of Topliss-reactive ketones (excluding diaryl/α,β-unsaturated/α-hetero) is 1. The first-order valence-electron chi connectivity index (χ1n) is 9.89. The molecule has 0 unspecified atom stereocenters. The zero-order valence-electron chi connectivity index (χ0n) is 17.4. The van der Waals surface area contributed by atoms with Crippen molar-refractivity contribution in [3.8, 4) is 0 Å². The quantitative estimate of drug-likeness (QED) is 0.249. The number of ether oxygens (including phenoxy) is 1. The summed E-state index contributed by atoms with van der Waals surface area (Å²) in [6.45, 7) is 0.0338. The van der Waals surface area contributed by atoms with Crippen molar-refractivity contribution < 1.29 is 22.7 Å². The third kappa shape index (κ3) is 5.55. The largest absolute Gasteiger partial charge is 0.462 e. The van der Waals surface area contributed by atoms with Gasteiger partial charge in [0.25, 0.3) is 10.0 Å². The van der Waals surface area contributed by atoms with Gasteiger partial charge in [-0.3, -0.25) is 9.10 Å². The Morgan fingerprint density at radius 2 is 1.53 bits per heavy atom. The Labute approximate surface area is 192 Å². The molecule has 0 saturated carbocycles. The number of sulfonamides is 1. The highest BCUT2D eigenvalue weighted by Crippen LogP contribution is 2.28. The standard InChI is InChI=1S/C24H22ClNO5S/c1-26(20-11-6-3-7-12-20)32(29,30)23-17-19(14-15-21(23)25)24(28)31-16-8-13-22(27)18-9-4-2-5-10-18/h2-7,9-12,14-15,17H,8,13,16H2,1H3. The van der Waals surface area contributed by atoms with Crippen LogP contribution in [0.4, 0.5) is 5.69 Å². The number of nitrogens with zero attached hydrogens (tertiary/aromatic N) is 1. The molecule has 0 atom stereocenters. The lowest BCUT2D eigenvalue weighted by molar-refractivity contribution is 0.0494. The second-order valence-corrected chi connectivity index (χ2v) is 9.33. The number of rotatable bonds is 9. The first-order chi connectivity index (χ1) is 15.3. The summed E-state index contributed by atoms with van der Waals surface area (Å²) in [6.07, 6.45) is 0.592. The fourth-order valence-electron chi connectivity index (χ4n) is 3.00. The van der Waals surface area contributed by atoms with Gasteiger partial charge in [0.1, 0.15) is 4.90 Å². The van der Waals surface area contributed by atoms with E-state index in [2.05, 4.69) is 0 Å². The van der Waals surface area contributed by atoms with E-state index in [4.69, 9.17) is 16.3 Å². The second kappa shape index (κ2) is 10.4. The van der Waals surface area contributed by atoms with Gasteiger partial charge in [0.15, 0.2) is 5.78 Å². The monoisotopic (exact) mass is 471 g/mol. The number of anilines is 1. The number of benzene rings is 3. The van der Waals surface area contributed by atoms with Crippen LogP contribution in [-0.4, -0.2) is 33.8 Å². The van der Waals surface area contributed by atoms with Crippen molar-refractivity contribution in [2.45, 2.75) is 17.7 Å². The Morgan fingerprint density at radius 3 is 2.19 bits per heavy atom. The Balaban J connectivity index is 1.65. The maximum atomic E-state index is 13.1. The molecule has 8 heteroatoms. The van der Waals surface area contributed by atoms with Gasteiger partial charge in [-0.05, 0) is 36.8 Å². The van der Waals surface area contributed by atoms with Crippen LogP contribution in [0.3, 0.4) is 0 Å². The number of carbonyl (C=O) groups is 2. The van der Waals surface area contributed by atoms with Crippen LogP contribution in [-0.2, 0) is 14.8 Å². The number of para-hydroxylation sites is 1. The molecule has 166 valence electrons. The average molecular weight is 472 g/mol. The SMILES string of the molecule is CN(c1ccccc1)S(=O)(=O)c1cc(C(=O)OCCCC(=O)c2ccccc2)ccc1Cl. The number of hydrogen-bond acceptors (Lipinski definition) is 5. The van der Waals surface area contributed by atoms with Gasteiger partial charge in [0.05, 0.1) is 22.9 Å². The predicted molar refractivity (Wildman–Crippen MR) is 124 cm³/mol. The van der Waals surface area contributed by atoms with Gasteiger partial charge in [-0.1, -0.05) is 60.1 Å².